The standard InChI is InChI=1S/C14H18ClNO/c1-16(2)10-5-11-17-14-8-3-6-13(12-14)7-4-9-15/h3,6,8,12H,5,9-11H2,1-2H3. The lowest BCUT2D eigenvalue weighted by atomic mass is 10.2. The summed E-state index contributed by atoms with van der Waals surface area (Å²) in [5.41, 5.74) is 0.941. The highest BCUT2D eigenvalue weighted by Gasteiger charge is 1.95. The molecule has 0 N–H and O–H groups in total. The first kappa shape index (κ1) is 13.9. The van der Waals surface area contributed by atoms with Crippen molar-refractivity contribution < 1.29 is 4.74 Å². The summed E-state index contributed by atoms with van der Waals surface area (Å²) in [6.07, 6.45) is 1.02. The molecule has 0 saturated heterocycles. The molecule has 2 nitrogen and oxygen atoms in total. The second-order valence-corrected chi connectivity index (χ2v) is 4.24. The zero-order valence-corrected chi connectivity index (χ0v) is 11.1. The van der Waals surface area contributed by atoms with Crippen molar-refractivity contribution in [2.75, 3.05) is 33.1 Å². The third-order valence-electron chi connectivity index (χ3n) is 2.15. The van der Waals surface area contributed by atoms with Crippen molar-refractivity contribution in [2.45, 2.75) is 6.42 Å². The van der Waals surface area contributed by atoms with E-state index < -0.39 is 0 Å². The summed E-state index contributed by atoms with van der Waals surface area (Å²) in [7, 11) is 4.12. The summed E-state index contributed by atoms with van der Waals surface area (Å²) in [6.45, 7) is 1.76. The molecule has 1 rings (SSSR count). The second-order valence-electron chi connectivity index (χ2n) is 3.97. The van der Waals surface area contributed by atoms with Crippen LogP contribution >= 0.6 is 11.6 Å². The normalized spacial score (nSPS) is 9.88. The fraction of sp³-hybridized carbons (Fsp3) is 0.429. The molecule has 92 valence electrons. The highest BCUT2D eigenvalue weighted by molar-refractivity contribution is 6.19. The molecular weight excluding hydrogens is 234 g/mol. The third kappa shape index (κ3) is 6.21. The largest absolute Gasteiger partial charge is 0.494 e. The maximum Gasteiger partial charge on any atom is 0.120 e. The Balaban J connectivity index is 2.43. The maximum absolute atomic E-state index is 5.65. The first-order valence-corrected chi connectivity index (χ1v) is 6.18. The number of hydrogen-bond donors (Lipinski definition) is 0. The molecule has 0 aliphatic heterocycles. The number of alkyl halides is 1. The van der Waals surface area contributed by atoms with Gasteiger partial charge in [-0.1, -0.05) is 17.9 Å². The average Bonchev–Trinajstić information content (AvgIpc) is 2.32. The molecule has 1 aromatic rings. The van der Waals surface area contributed by atoms with Gasteiger partial charge in [-0.25, -0.2) is 0 Å². The maximum atomic E-state index is 5.65. The lowest BCUT2D eigenvalue weighted by Crippen LogP contribution is -2.15. The van der Waals surface area contributed by atoms with E-state index in [9.17, 15) is 0 Å². The molecule has 3 heteroatoms. The van der Waals surface area contributed by atoms with E-state index in [4.69, 9.17) is 16.3 Å². The number of ether oxygens (including phenoxy) is 1. The quantitative estimate of drug-likeness (QED) is 0.453. The molecule has 17 heavy (non-hydrogen) atoms. The van der Waals surface area contributed by atoms with E-state index >= 15 is 0 Å². The van der Waals surface area contributed by atoms with Crippen molar-refractivity contribution in [3.05, 3.63) is 29.8 Å². The van der Waals surface area contributed by atoms with Crippen LogP contribution in [0.4, 0.5) is 0 Å². The van der Waals surface area contributed by atoms with E-state index in [0.717, 1.165) is 30.9 Å². The van der Waals surface area contributed by atoms with Gasteiger partial charge in [0.1, 0.15) is 5.75 Å². The van der Waals surface area contributed by atoms with Crippen LogP contribution in [0.2, 0.25) is 0 Å². The van der Waals surface area contributed by atoms with E-state index in [1.54, 1.807) is 0 Å². The predicted molar refractivity (Wildman–Crippen MR) is 72.7 cm³/mol. The first-order chi connectivity index (χ1) is 8.22. The zero-order chi connectivity index (χ0) is 12.5. The number of hydrogen-bond acceptors (Lipinski definition) is 2. The average molecular weight is 252 g/mol. The molecule has 0 aliphatic rings. The Kier molecular flexibility index (Phi) is 6.54. The highest BCUT2D eigenvalue weighted by Crippen LogP contribution is 2.12. The molecule has 0 amide bonds. The molecule has 1 aromatic carbocycles. The minimum Gasteiger partial charge on any atom is -0.494 e. The number of halogens is 1. The Hall–Kier alpha value is -1.17. The summed E-state index contributed by atoms with van der Waals surface area (Å²) >= 11 is 5.51. The van der Waals surface area contributed by atoms with Gasteiger partial charge in [-0.05, 0) is 38.7 Å². The Labute approximate surface area is 109 Å². The van der Waals surface area contributed by atoms with Crippen molar-refractivity contribution >= 4 is 11.6 Å². The van der Waals surface area contributed by atoms with Crippen LogP contribution < -0.4 is 4.74 Å². The minimum absolute atomic E-state index is 0.355. The SMILES string of the molecule is CN(C)CCCOc1cccc(C#CCCl)c1. The van der Waals surface area contributed by atoms with Gasteiger partial charge in [-0.3, -0.25) is 0 Å². The van der Waals surface area contributed by atoms with Crippen molar-refractivity contribution in [3.63, 3.8) is 0 Å². The van der Waals surface area contributed by atoms with Crippen molar-refractivity contribution in [1.29, 1.82) is 0 Å². The van der Waals surface area contributed by atoms with E-state index in [1.807, 2.05) is 24.3 Å². The number of benzene rings is 1. The number of rotatable bonds is 5. The molecule has 0 aliphatic carbocycles. The van der Waals surface area contributed by atoms with Crippen LogP contribution in [0.15, 0.2) is 24.3 Å². The molecule has 0 heterocycles. The van der Waals surface area contributed by atoms with E-state index in [2.05, 4.69) is 30.8 Å². The summed E-state index contributed by atoms with van der Waals surface area (Å²) in [6, 6.07) is 7.78. The number of nitrogens with zero attached hydrogens (tertiary/aromatic N) is 1. The summed E-state index contributed by atoms with van der Waals surface area (Å²) in [5.74, 6) is 7.02. The van der Waals surface area contributed by atoms with Gasteiger partial charge in [-0.15, -0.1) is 11.6 Å². The Morgan fingerprint density at radius 3 is 2.88 bits per heavy atom. The van der Waals surface area contributed by atoms with Crippen LogP contribution in [0.5, 0.6) is 5.75 Å². The van der Waals surface area contributed by atoms with E-state index in [-0.39, 0.29) is 0 Å². The van der Waals surface area contributed by atoms with Gasteiger partial charge in [0.15, 0.2) is 0 Å². The minimum atomic E-state index is 0.355. The molecule has 0 radical (unpaired) electrons. The smallest absolute Gasteiger partial charge is 0.120 e. The second kappa shape index (κ2) is 8.00. The summed E-state index contributed by atoms with van der Waals surface area (Å²) < 4.78 is 5.65. The Bertz CT molecular complexity index is 393. The monoisotopic (exact) mass is 251 g/mol. The molecular formula is C14H18ClNO. The van der Waals surface area contributed by atoms with E-state index in [1.165, 1.54) is 0 Å². The van der Waals surface area contributed by atoms with E-state index in [0.29, 0.717) is 5.88 Å². The van der Waals surface area contributed by atoms with Crippen LogP contribution in [0.3, 0.4) is 0 Å². The van der Waals surface area contributed by atoms with Crippen molar-refractivity contribution in [2.24, 2.45) is 0 Å². The van der Waals surface area contributed by atoms with Crippen LogP contribution in [0, 0.1) is 11.8 Å². The first-order valence-electron chi connectivity index (χ1n) is 5.65. The van der Waals surface area contributed by atoms with Gasteiger partial charge in [0.25, 0.3) is 0 Å². The Morgan fingerprint density at radius 1 is 1.35 bits per heavy atom. The summed E-state index contributed by atoms with van der Waals surface area (Å²) in [5, 5.41) is 0. The fourth-order valence-corrected chi connectivity index (χ4v) is 1.44. The molecule has 0 unspecified atom stereocenters. The van der Waals surface area contributed by atoms with Crippen LogP contribution in [-0.2, 0) is 0 Å². The lowest BCUT2D eigenvalue weighted by Gasteiger charge is -2.10. The molecule has 0 aromatic heterocycles. The molecule has 0 atom stereocenters. The van der Waals surface area contributed by atoms with Gasteiger partial charge in [0, 0.05) is 12.1 Å². The van der Waals surface area contributed by atoms with Gasteiger partial charge in [-0.2, -0.15) is 0 Å². The zero-order valence-electron chi connectivity index (χ0n) is 10.4. The molecule has 0 bridgehead atoms. The molecule has 0 spiro atoms. The van der Waals surface area contributed by atoms with Crippen LogP contribution in [-0.4, -0.2) is 38.0 Å². The molecule has 0 fully saturated rings. The van der Waals surface area contributed by atoms with Gasteiger partial charge < -0.3 is 9.64 Å². The van der Waals surface area contributed by atoms with Crippen molar-refractivity contribution in [3.8, 4) is 17.6 Å². The van der Waals surface area contributed by atoms with Gasteiger partial charge in [0.05, 0.1) is 12.5 Å². The lowest BCUT2D eigenvalue weighted by molar-refractivity contribution is 0.281. The van der Waals surface area contributed by atoms with Gasteiger partial charge >= 0.3 is 0 Å². The summed E-state index contributed by atoms with van der Waals surface area (Å²) in [4.78, 5) is 2.14. The van der Waals surface area contributed by atoms with Gasteiger partial charge in [0.2, 0.25) is 0 Å². The predicted octanol–water partition coefficient (Wildman–Crippen LogP) is 2.61. The molecule has 0 saturated carbocycles. The Morgan fingerprint density at radius 2 is 2.18 bits per heavy atom. The van der Waals surface area contributed by atoms with Crippen LogP contribution in [0.25, 0.3) is 0 Å². The topological polar surface area (TPSA) is 12.5 Å². The third-order valence-corrected chi connectivity index (χ3v) is 2.29. The van der Waals surface area contributed by atoms with Crippen LogP contribution in [0.1, 0.15) is 12.0 Å². The fourth-order valence-electron chi connectivity index (χ4n) is 1.37. The highest BCUT2D eigenvalue weighted by atomic mass is 35.5. The van der Waals surface area contributed by atoms with Crippen molar-refractivity contribution in [1.82, 2.24) is 4.90 Å².